The van der Waals surface area contributed by atoms with E-state index in [-0.39, 0.29) is 5.75 Å². The number of hydrogen-bond donors (Lipinski definition) is 1. The van der Waals surface area contributed by atoms with Crippen molar-refractivity contribution in [3.8, 4) is 11.8 Å². The molecule has 0 unspecified atom stereocenters. The zero-order valence-electron chi connectivity index (χ0n) is 9.04. The average Bonchev–Trinajstić information content (AvgIpc) is 2.39. The number of hydrogen-bond acceptors (Lipinski definition) is 3. The van der Waals surface area contributed by atoms with Gasteiger partial charge >= 0.3 is 0 Å². The fourth-order valence-corrected chi connectivity index (χ4v) is 1.33. The monoisotopic (exact) mass is 222 g/mol. The maximum absolute atomic E-state index is 9.12. The second-order valence-electron chi connectivity index (χ2n) is 3.51. The molecular weight excluding hydrogens is 212 g/mol. The van der Waals surface area contributed by atoms with E-state index >= 15 is 0 Å². The van der Waals surface area contributed by atoms with Crippen LogP contribution in [0.3, 0.4) is 0 Å². The number of phenolic OH excluding ortho intramolecular Hbond substituents is 1. The smallest absolute Gasteiger partial charge is 0.115 e. The molecule has 0 aliphatic carbocycles. The molecule has 2 rings (SSSR count). The molecule has 0 heterocycles. The second kappa shape index (κ2) is 4.95. The van der Waals surface area contributed by atoms with E-state index in [4.69, 9.17) is 10.4 Å². The zero-order chi connectivity index (χ0) is 12.1. The molecule has 0 saturated carbocycles. The predicted octanol–water partition coefficient (Wildman–Crippen LogP) is 3.01. The van der Waals surface area contributed by atoms with Gasteiger partial charge in [-0.1, -0.05) is 12.1 Å². The van der Waals surface area contributed by atoms with Crippen molar-refractivity contribution in [2.75, 3.05) is 0 Å². The molecule has 3 heteroatoms. The lowest BCUT2D eigenvalue weighted by Gasteiger charge is -1.95. The summed E-state index contributed by atoms with van der Waals surface area (Å²) in [4.78, 5) is 4.25. The maximum atomic E-state index is 9.12. The van der Waals surface area contributed by atoms with Crippen LogP contribution in [0.25, 0.3) is 0 Å². The Labute approximate surface area is 99.3 Å². The summed E-state index contributed by atoms with van der Waals surface area (Å²) >= 11 is 0. The molecule has 0 saturated heterocycles. The van der Waals surface area contributed by atoms with Gasteiger partial charge in [0.2, 0.25) is 0 Å². The average molecular weight is 222 g/mol. The van der Waals surface area contributed by atoms with Crippen molar-refractivity contribution < 1.29 is 5.11 Å². The summed E-state index contributed by atoms with van der Waals surface area (Å²) in [7, 11) is 0. The Hall–Kier alpha value is -2.60. The van der Waals surface area contributed by atoms with Crippen LogP contribution in [-0.4, -0.2) is 11.3 Å². The van der Waals surface area contributed by atoms with Gasteiger partial charge in [0.1, 0.15) is 5.75 Å². The van der Waals surface area contributed by atoms with Gasteiger partial charge in [0.15, 0.2) is 0 Å². The molecule has 3 nitrogen and oxygen atoms in total. The van der Waals surface area contributed by atoms with Gasteiger partial charge in [0.25, 0.3) is 0 Å². The molecule has 0 aliphatic rings. The first-order valence-electron chi connectivity index (χ1n) is 5.11. The van der Waals surface area contributed by atoms with Crippen LogP contribution in [0.4, 0.5) is 5.69 Å². The summed E-state index contributed by atoms with van der Waals surface area (Å²) in [6.07, 6.45) is 1.72. The van der Waals surface area contributed by atoms with Crippen LogP contribution in [0.15, 0.2) is 53.5 Å². The Morgan fingerprint density at radius 1 is 1.00 bits per heavy atom. The van der Waals surface area contributed by atoms with E-state index in [1.54, 1.807) is 42.6 Å². The Kier molecular flexibility index (Phi) is 3.18. The van der Waals surface area contributed by atoms with E-state index in [1.807, 2.05) is 12.1 Å². The molecule has 0 amide bonds. The third kappa shape index (κ3) is 2.93. The zero-order valence-corrected chi connectivity index (χ0v) is 9.04. The highest BCUT2D eigenvalue weighted by molar-refractivity contribution is 5.82. The minimum absolute atomic E-state index is 0.224. The van der Waals surface area contributed by atoms with Crippen molar-refractivity contribution in [3.63, 3.8) is 0 Å². The maximum Gasteiger partial charge on any atom is 0.115 e. The summed E-state index contributed by atoms with van der Waals surface area (Å²) in [5, 5.41) is 17.8. The van der Waals surface area contributed by atoms with Gasteiger partial charge in [0, 0.05) is 6.21 Å². The fraction of sp³-hybridized carbons (Fsp3) is 0. The SMILES string of the molecule is N#Cc1ccc(C=Nc2ccc(O)cc2)cc1. The van der Waals surface area contributed by atoms with E-state index in [2.05, 4.69) is 11.1 Å². The van der Waals surface area contributed by atoms with Crippen LogP contribution in [-0.2, 0) is 0 Å². The molecule has 0 radical (unpaired) electrons. The van der Waals surface area contributed by atoms with E-state index < -0.39 is 0 Å². The van der Waals surface area contributed by atoms with E-state index in [0.717, 1.165) is 11.3 Å². The first-order valence-corrected chi connectivity index (χ1v) is 5.11. The van der Waals surface area contributed by atoms with Crippen molar-refractivity contribution in [2.45, 2.75) is 0 Å². The van der Waals surface area contributed by atoms with Gasteiger partial charge in [0.05, 0.1) is 17.3 Å². The van der Waals surface area contributed by atoms with Gasteiger partial charge in [-0.2, -0.15) is 5.26 Å². The first-order chi connectivity index (χ1) is 8.28. The summed E-state index contributed by atoms with van der Waals surface area (Å²) in [6, 6.07) is 15.9. The van der Waals surface area contributed by atoms with Gasteiger partial charge in [-0.05, 0) is 42.0 Å². The second-order valence-corrected chi connectivity index (χ2v) is 3.51. The minimum atomic E-state index is 0.224. The fourth-order valence-electron chi connectivity index (χ4n) is 1.33. The number of phenols is 1. The number of aliphatic imine (C=N–C) groups is 1. The highest BCUT2D eigenvalue weighted by Gasteiger charge is 1.91. The van der Waals surface area contributed by atoms with Gasteiger partial charge in [-0.15, -0.1) is 0 Å². The topological polar surface area (TPSA) is 56.4 Å². The largest absolute Gasteiger partial charge is 0.508 e. The molecule has 82 valence electrons. The third-order valence-corrected chi connectivity index (χ3v) is 2.25. The highest BCUT2D eigenvalue weighted by Crippen LogP contribution is 2.16. The van der Waals surface area contributed by atoms with Gasteiger partial charge in [-0.3, -0.25) is 4.99 Å². The van der Waals surface area contributed by atoms with Crippen molar-refractivity contribution in [3.05, 3.63) is 59.7 Å². The van der Waals surface area contributed by atoms with E-state index in [9.17, 15) is 0 Å². The molecule has 2 aromatic rings. The van der Waals surface area contributed by atoms with Crippen molar-refractivity contribution in [1.29, 1.82) is 5.26 Å². The molecule has 0 spiro atoms. The molecule has 0 atom stereocenters. The number of rotatable bonds is 2. The number of benzene rings is 2. The first kappa shape index (κ1) is 10.9. The molecule has 0 fully saturated rings. The molecule has 1 N–H and O–H groups in total. The van der Waals surface area contributed by atoms with Crippen LogP contribution in [0.2, 0.25) is 0 Å². The van der Waals surface area contributed by atoms with Crippen molar-refractivity contribution >= 4 is 11.9 Å². The van der Waals surface area contributed by atoms with E-state index in [0.29, 0.717) is 5.56 Å². The molecule has 0 aromatic heterocycles. The van der Waals surface area contributed by atoms with Crippen LogP contribution in [0.1, 0.15) is 11.1 Å². The molecular formula is C14H10N2O. The standard InChI is InChI=1S/C14H10N2O/c15-9-11-1-3-12(4-2-11)10-16-13-5-7-14(17)8-6-13/h1-8,10,17H. The van der Waals surface area contributed by atoms with Crippen LogP contribution >= 0.6 is 0 Å². The minimum Gasteiger partial charge on any atom is -0.508 e. The summed E-state index contributed by atoms with van der Waals surface area (Å²) in [5.74, 6) is 0.224. The predicted molar refractivity (Wildman–Crippen MR) is 66.5 cm³/mol. The molecule has 17 heavy (non-hydrogen) atoms. The van der Waals surface area contributed by atoms with Gasteiger partial charge < -0.3 is 5.11 Å². The van der Waals surface area contributed by atoms with Gasteiger partial charge in [-0.25, -0.2) is 0 Å². The third-order valence-electron chi connectivity index (χ3n) is 2.25. The normalized spacial score (nSPS) is 10.3. The lowest BCUT2D eigenvalue weighted by atomic mass is 10.2. The quantitative estimate of drug-likeness (QED) is 0.794. The number of aromatic hydroxyl groups is 1. The van der Waals surface area contributed by atoms with Crippen molar-refractivity contribution in [2.24, 2.45) is 4.99 Å². The Morgan fingerprint density at radius 3 is 2.24 bits per heavy atom. The number of nitriles is 1. The summed E-state index contributed by atoms with van der Waals surface area (Å²) in [6.45, 7) is 0. The lowest BCUT2D eigenvalue weighted by molar-refractivity contribution is 0.475. The Morgan fingerprint density at radius 2 is 1.65 bits per heavy atom. The number of nitrogens with zero attached hydrogens (tertiary/aromatic N) is 2. The van der Waals surface area contributed by atoms with Crippen LogP contribution in [0.5, 0.6) is 5.75 Å². The Balaban J connectivity index is 2.14. The van der Waals surface area contributed by atoms with Crippen LogP contribution < -0.4 is 0 Å². The summed E-state index contributed by atoms with van der Waals surface area (Å²) < 4.78 is 0. The van der Waals surface area contributed by atoms with Crippen molar-refractivity contribution in [1.82, 2.24) is 0 Å². The van der Waals surface area contributed by atoms with E-state index in [1.165, 1.54) is 0 Å². The molecule has 2 aromatic carbocycles. The highest BCUT2D eigenvalue weighted by atomic mass is 16.3. The Bertz CT molecular complexity index is 563. The molecule has 0 bridgehead atoms. The summed E-state index contributed by atoms with van der Waals surface area (Å²) in [5.41, 5.74) is 2.33. The molecule has 0 aliphatic heterocycles. The lowest BCUT2D eigenvalue weighted by Crippen LogP contribution is -1.81. The van der Waals surface area contributed by atoms with Crippen LogP contribution in [0, 0.1) is 11.3 Å².